The van der Waals surface area contributed by atoms with Gasteiger partial charge in [0.1, 0.15) is 13.2 Å². The van der Waals surface area contributed by atoms with E-state index in [0.717, 1.165) is 25.7 Å². The maximum absolute atomic E-state index is 12.3. The normalized spacial score (nSPS) is 22.7. The molecule has 0 aliphatic carbocycles. The summed E-state index contributed by atoms with van der Waals surface area (Å²) in [5, 5.41) is 2.87. The minimum Gasteiger partial charge on any atom is -1.00 e. The molecule has 0 spiro atoms. The number of amides is 1. The van der Waals surface area contributed by atoms with Crippen LogP contribution in [-0.4, -0.2) is 81.7 Å². The number of fused-ring (bicyclic) bond motifs is 2. The number of phosphoric ester groups is 1. The first-order valence-electron chi connectivity index (χ1n) is 17.1. The minimum absolute atomic E-state index is 0. The van der Waals surface area contributed by atoms with Crippen LogP contribution in [0.25, 0.3) is 0 Å². The van der Waals surface area contributed by atoms with Gasteiger partial charge in [0.15, 0.2) is 0 Å². The number of alkyl carbamates (subject to hydrolysis) is 1. The van der Waals surface area contributed by atoms with Gasteiger partial charge in [-0.15, -0.1) is 0 Å². The summed E-state index contributed by atoms with van der Waals surface area (Å²) in [4.78, 5) is 22.4. The highest BCUT2D eigenvalue weighted by Crippen LogP contribution is 2.48. The van der Waals surface area contributed by atoms with E-state index in [4.69, 9.17) is 18.5 Å². The van der Waals surface area contributed by atoms with E-state index >= 15 is 0 Å². The van der Waals surface area contributed by atoms with Crippen LogP contribution in [0.4, 0.5) is 4.79 Å². The van der Waals surface area contributed by atoms with E-state index in [2.05, 4.69) is 12.2 Å². The van der Waals surface area contributed by atoms with Crippen LogP contribution in [0.15, 0.2) is 0 Å². The van der Waals surface area contributed by atoms with Crippen molar-refractivity contribution in [1.29, 1.82) is 0 Å². The summed E-state index contributed by atoms with van der Waals surface area (Å²) in [5.41, 5.74) is 0. The summed E-state index contributed by atoms with van der Waals surface area (Å²) < 4.78 is 35.0. The van der Waals surface area contributed by atoms with E-state index in [9.17, 15) is 14.3 Å². The smallest absolute Gasteiger partial charge is 0.472 e. The highest BCUT2D eigenvalue weighted by molar-refractivity contribution is 7.47. The second-order valence-corrected chi connectivity index (χ2v) is 15.0. The number of phosphoric acid groups is 1. The second kappa shape index (κ2) is 23.2. The predicted molar refractivity (Wildman–Crippen MR) is 168 cm³/mol. The molecule has 2 N–H and O–H groups in total. The topological polar surface area (TPSA) is 103 Å². The van der Waals surface area contributed by atoms with Crippen LogP contribution in [0.5, 0.6) is 0 Å². The number of nitrogens with one attached hydrogen (secondary N) is 1. The lowest BCUT2D eigenvalue weighted by Gasteiger charge is -2.28. The van der Waals surface area contributed by atoms with Gasteiger partial charge in [-0.1, -0.05) is 103 Å². The van der Waals surface area contributed by atoms with Gasteiger partial charge in [0.05, 0.1) is 46.6 Å². The van der Waals surface area contributed by atoms with Crippen LogP contribution < -0.4 is 22.3 Å². The fraction of sp³-hybridized carbons (Fsp3) is 0.969. The molecule has 2 heterocycles. The average molecular weight is 700 g/mol. The first-order chi connectivity index (χ1) is 20.1. The van der Waals surface area contributed by atoms with Gasteiger partial charge >= 0.3 is 13.9 Å². The molecule has 0 radical (unpaired) electrons. The number of ether oxygens (including phenoxy) is 2. The number of halogens is 1. The third-order valence-corrected chi connectivity index (χ3v) is 9.73. The van der Waals surface area contributed by atoms with Crippen molar-refractivity contribution in [3.05, 3.63) is 0 Å². The second-order valence-electron chi connectivity index (χ2n) is 13.6. The molecule has 256 valence electrons. The molecule has 1 amide bonds. The third-order valence-electron chi connectivity index (χ3n) is 8.74. The summed E-state index contributed by atoms with van der Waals surface area (Å²) in [5.74, 6) is -0.143. The van der Waals surface area contributed by atoms with Crippen LogP contribution in [-0.2, 0) is 23.1 Å². The van der Waals surface area contributed by atoms with Gasteiger partial charge in [0, 0.05) is 18.4 Å². The van der Waals surface area contributed by atoms with Gasteiger partial charge in [0.2, 0.25) is 0 Å². The highest BCUT2D eigenvalue weighted by Gasteiger charge is 2.50. The Hall–Kier alpha value is -0.220. The number of quaternary nitrogens is 1. The van der Waals surface area contributed by atoms with Crippen molar-refractivity contribution in [2.75, 3.05) is 54.1 Å². The lowest BCUT2D eigenvalue weighted by molar-refractivity contribution is -0.870. The van der Waals surface area contributed by atoms with E-state index < -0.39 is 13.9 Å². The molecule has 11 heteroatoms. The van der Waals surface area contributed by atoms with Crippen molar-refractivity contribution in [2.24, 2.45) is 11.8 Å². The van der Waals surface area contributed by atoms with Crippen LogP contribution >= 0.6 is 7.82 Å². The van der Waals surface area contributed by atoms with Gasteiger partial charge in [-0.25, -0.2) is 9.36 Å². The van der Waals surface area contributed by atoms with E-state index in [1.807, 2.05) is 21.1 Å². The van der Waals surface area contributed by atoms with E-state index in [0.29, 0.717) is 17.6 Å². The number of likely N-dealkylation sites (N-methyl/N-ethyl adjacent to an activating group) is 1. The number of carbonyl (C=O) groups excluding carboxylic acids is 1. The molecule has 0 saturated carbocycles. The fourth-order valence-electron chi connectivity index (χ4n) is 6.07. The van der Waals surface area contributed by atoms with Gasteiger partial charge in [-0.05, 0) is 19.3 Å². The molecule has 2 aliphatic heterocycles. The molecule has 0 aromatic carbocycles. The third kappa shape index (κ3) is 19.1. The molecule has 5 atom stereocenters. The molecule has 2 bridgehead atoms. The van der Waals surface area contributed by atoms with E-state index in [1.54, 1.807) is 0 Å². The summed E-state index contributed by atoms with van der Waals surface area (Å²) in [6, 6.07) is 0. The van der Waals surface area contributed by atoms with Crippen molar-refractivity contribution in [3.8, 4) is 0 Å². The predicted octanol–water partition coefficient (Wildman–Crippen LogP) is 4.61. The quantitative estimate of drug-likeness (QED) is 0.0773. The summed E-state index contributed by atoms with van der Waals surface area (Å²) in [6.07, 6.45) is 22.5. The molecule has 0 aromatic heterocycles. The van der Waals surface area contributed by atoms with Crippen LogP contribution in [0, 0.1) is 11.8 Å². The summed E-state index contributed by atoms with van der Waals surface area (Å²) in [7, 11) is 1.82. The number of unbranched alkanes of at least 4 members (excludes halogenated alkanes) is 15. The first kappa shape index (κ1) is 40.8. The number of carbonyl (C=O) groups is 1. The molecule has 1 unspecified atom stereocenters. The van der Waals surface area contributed by atoms with E-state index in [-0.39, 0.29) is 60.8 Å². The maximum Gasteiger partial charge on any atom is 0.472 e. The van der Waals surface area contributed by atoms with Gasteiger partial charge in [-0.2, -0.15) is 0 Å². The minimum atomic E-state index is -4.15. The molecular weight excluding hydrogens is 635 g/mol. The monoisotopic (exact) mass is 698 g/mol. The number of hydrogen-bond acceptors (Lipinski definition) is 6. The molecule has 43 heavy (non-hydrogen) atoms. The van der Waals surface area contributed by atoms with Crippen molar-refractivity contribution >= 4 is 13.9 Å². The van der Waals surface area contributed by atoms with Crippen LogP contribution in [0.3, 0.4) is 0 Å². The molecule has 2 aliphatic rings. The molecular formula is C32H64BrN2O7P. The molecule has 2 rings (SSSR count). The van der Waals surface area contributed by atoms with Crippen molar-refractivity contribution in [3.63, 3.8) is 0 Å². The molecule has 2 saturated heterocycles. The largest absolute Gasteiger partial charge is 1.00 e. The Kier molecular flexibility index (Phi) is 22.0. The number of rotatable bonds is 26. The van der Waals surface area contributed by atoms with Crippen molar-refractivity contribution in [1.82, 2.24) is 5.32 Å². The average Bonchev–Trinajstić information content (AvgIpc) is 3.53. The number of nitrogens with zero attached hydrogens (tertiary/aromatic N) is 1. The maximum atomic E-state index is 12.3. The lowest BCUT2D eigenvalue weighted by Crippen LogP contribution is -3.00. The Labute approximate surface area is 273 Å². The SMILES string of the molecule is CCCCCCCCCCCCCCCCCCNC(=O)OC[C@@H]1[C@@H](COP(=O)(O)OCC[N+](C)(C)C)[C@@H]2CC[C@H]1O2.[Br-]. The molecule has 0 aromatic rings. The van der Waals surface area contributed by atoms with Gasteiger partial charge in [-0.3, -0.25) is 9.05 Å². The zero-order chi connectivity index (χ0) is 30.7. The van der Waals surface area contributed by atoms with E-state index in [1.165, 1.54) is 89.9 Å². The van der Waals surface area contributed by atoms with Gasteiger partial charge in [0.25, 0.3) is 0 Å². The first-order valence-corrected chi connectivity index (χ1v) is 18.6. The van der Waals surface area contributed by atoms with Crippen molar-refractivity contribution in [2.45, 2.75) is 135 Å². The standard InChI is InChI=1S/C32H63N2O7P.BrH/c1-5-6-7-8-9-10-11-12-13-14-15-16-17-18-19-20-23-33-32(35)38-26-28-29(31-22-21-30(28)41-31)27-40-42(36,37)39-25-24-34(2,3)4;/h28-31H,5-27H2,1-4H3,(H-,33,35,36,37);1H/t28-,29-,30-,31+;/m1./s1. The Morgan fingerprint density at radius 1 is 0.791 bits per heavy atom. The van der Waals surface area contributed by atoms with Crippen LogP contribution in [0.1, 0.15) is 122 Å². The fourth-order valence-corrected chi connectivity index (χ4v) is 6.81. The van der Waals surface area contributed by atoms with Crippen molar-refractivity contribution < 1.29 is 54.2 Å². The zero-order valence-electron chi connectivity index (χ0n) is 27.7. The Morgan fingerprint density at radius 2 is 1.26 bits per heavy atom. The Balaban J connectivity index is 0.00000924. The zero-order valence-corrected chi connectivity index (χ0v) is 30.2. The lowest BCUT2D eigenvalue weighted by atomic mass is 9.80. The molecule has 9 nitrogen and oxygen atoms in total. The van der Waals surface area contributed by atoms with Gasteiger partial charge < -0.3 is 41.1 Å². The Morgan fingerprint density at radius 3 is 1.74 bits per heavy atom. The van der Waals surface area contributed by atoms with Crippen LogP contribution in [0.2, 0.25) is 0 Å². The Bertz CT molecular complexity index is 770. The summed E-state index contributed by atoms with van der Waals surface area (Å²) >= 11 is 0. The molecule has 2 fully saturated rings. The highest BCUT2D eigenvalue weighted by atomic mass is 79.9. The number of hydrogen-bond donors (Lipinski definition) is 2. The summed E-state index contributed by atoms with van der Waals surface area (Å²) in [6.45, 7) is 3.89.